The van der Waals surface area contributed by atoms with Gasteiger partial charge in [-0.3, -0.25) is 15.0 Å². The zero-order valence-corrected chi connectivity index (χ0v) is 13.0. The quantitative estimate of drug-likeness (QED) is 0.593. The van der Waals surface area contributed by atoms with Gasteiger partial charge in [0.25, 0.3) is 5.69 Å². The molecule has 0 aromatic heterocycles. The number of likely N-dealkylation sites (tertiary alicyclic amines) is 1. The number of nitrogens with zero attached hydrogens (tertiary/aromatic N) is 2. The summed E-state index contributed by atoms with van der Waals surface area (Å²) in [5.74, 6) is 0.696. The molecule has 1 aromatic carbocycles. The summed E-state index contributed by atoms with van der Waals surface area (Å²) in [7, 11) is 0. The molecule has 0 saturated carbocycles. The third-order valence-corrected chi connectivity index (χ3v) is 4.74. The number of benzene rings is 1. The predicted molar refractivity (Wildman–Crippen MR) is 82.7 cm³/mol. The van der Waals surface area contributed by atoms with Crippen molar-refractivity contribution >= 4 is 5.69 Å². The van der Waals surface area contributed by atoms with Crippen LogP contribution >= 0.6 is 0 Å². The molecule has 5 heteroatoms. The number of hydrogen-bond acceptors (Lipinski definition) is 4. The van der Waals surface area contributed by atoms with E-state index >= 15 is 0 Å². The zero-order chi connectivity index (χ0) is 15.5. The van der Waals surface area contributed by atoms with Crippen molar-refractivity contribution in [2.75, 3.05) is 13.2 Å². The van der Waals surface area contributed by atoms with Crippen molar-refractivity contribution in [3.63, 3.8) is 0 Å². The van der Waals surface area contributed by atoms with Gasteiger partial charge >= 0.3 is 0 Å². The largest absolute Gasteiger partial charge is 0.492 e. The minimum absolute atomic E-state index is 0.0944. The molecule has 0 radical (unpaired) electrons. The summed E-state index contributed by atoms with van der Waals surface area (Å²) in [5, 5.41) is 10.6. The van der Waals surface area contributed by atoms with Gasteiger partial charge in [0.2, 0.25) is 0 Å². The van der Waals surface area contributed by atoms with Gasteiger partial charge in [-0.05, 0) is 44.9 Å². The number of hydrogen-bond donors (Lipinski definition) is 0. The Morgan fingerprint density at radius 1 is 1.38 bits per heavy atom. The van der Waals surface area contributed by atoms with Crippen LogP contribution in [-0.2, 0) is 0 Å². The zero-order valence-electron chi connectivity index (χ0n) is 13.0. The number of ether oxygens (including phenoxy) is 1. The highest BCUT2D eigenvalue weighted by atomic mass is 16.6. The standard InChI is InChI=1S/C16H24N2O3/c1-4-16(3)11-10-14(17(16)5-2)12-21-15-8-6-13(7-9-15)18(19)20/h6-9,14H,4-5,10-12H2,1-3H3/t14?,16-/m0/s1. The van der Waals surface area contributed by atoms with Crippen LogP contribution in [0.3, 0.4) is 0 Å². The second-order valence-electron chi connectivity index (χ2n) is 5.89. The van der Waals surface area contributed by atoms with E-state index in [0.717, 1.165) is 19.4 Å². The fourth-order valence-electron chi connectivity index (χ4n) is 3.27. The third kappa shape index (κ3) is 3.35. The average molecular weight is 292 g/mol. The maximum absolute atomic E-state index is 10.6. The molecule has 1 fully saturated rings. The van der Waals surface area contributed by atoms with E-state index in [1.165, 1.54) is 18.6 Å². The van der Waals surface area contributed by atoms with Gasteiger partial charge in [0.1, 0.15) is 12.4 Å². The molecule has 1 aliphatic rings. The van der Waals surface area contributed by atoms with E-state index in [1.54, 1.807) is 12.1 Å². The third-order valence-electron chi connectivity index (χ3n) is 4.74. The fraction of sp³-hybridized carbons (Fsp3) is 0.625. The van der Waals surface area contributed by atoms with Gasteiger partial charge in [-0.2, -0.15) is 0 Å². The molecule has 0 N–H and O–H groups in total. The van der Waals surface area contributed by atoms with Gasteiger partial charge in [-0.25, -0.2) is 0 Å². The highest BCUT2D eigenvalue weighted by molar-refractivity contribution is 5.36. The first-order chi connectivity index (χ1) is 10.00. The number of nitro groups is 1. The normalized spacial score (nSPS) is 26.0. The lowest BCUT2D eigenvalue weighted by atomic mass is 9.96. The Labute approximate surface area is 126 Å². The Balaban J connectivity index is 1.95. The van der Waals surface area contributed by atoms with Crippen molar-refractivity contribution in [2.24, 2.45) is 0 Å². The Bertz CT molecular complexity index is 489. The Morgan fingerprint density at radius 2 is 2.05 bits per heavy atom. The molecule has 0 bridgehead atoms. The van der Waals surface area contributed by atoms with Crippen LogP contribution in [-0.4, -0.2) is 34.6 Å². The molecule has 1 saturated heterocycles. The van der Waals surface area contributed by atoms with E-state index in [9.17, 15) is 10.1 Å². The minimum atomic E-state index is -0.397. The van der Waals surface area contributed by atoms with Crippen LogP contribution in [0.1, 0.15) is 40.0 Å². The first kappa shape index (κ1) is 15.8. The van der Waals surface area contributed by atoms with Crippen LogP contribution in [0.2, 0.25) is 0 Å². The van der Waals surface area contributed by atoms with Crippen molar-refractivity contribution in [2.45, 2.75) is 51.6 Å². The number of likely N-dealkylation sites (N-methyl/N-ethyl adjacent to an activating group) is 1. The Kier molecular flexibility index (Phi) is 4.83. The van der Waals surface area contributed by atoms with E-state index in [2.05, 4.69) is 25.7 Å². The predicted octanol–water partition coefficient (Wildman–Crippen LogP) is 3.63. The van der Waals surface area contributed by atoms with E-state index in [4.69, 9.17) is 4.74 Å². The SMILES string of the molecule is CCN1C(COc2ccc([N+](=O)[O-])cc2)CC[C@]1(C)CC. The molecular formula is C16H24N2O3. The first-order valence-electron chi connectivity index (χ1n) is 7.64. The molecule has 0 spiro atoms. The summed E-state index contributed by atoms with van der Waals surface area (Å²) < 4.78 is 5.83. The van der Waals surface area contributed by atoms with Crippen LogP contribution in [0, 0.1) is 10.1 Å². The van der Waals surface area contributed by atoms with E-state index < -0.39 is 4.92 Å². The number of non-ortho nitro benzene ring substituents is 1. The second kappa shape index (κ2) is 6.43. The van der Waals surface area contributed by atoms with Gasteiger partial charge < -0.3 is 4.74 Å². The van der Waals surface area contributed by atoms with Gasteiger partial charge in [0.05, 0.1) is 4.92 Å². The highest BCUT2D eigenvalue weighted by Gasteiger charge is 2.40. The lowest BCUT2D eigenvalue weighted by Gasteiger charge is -2.37. The average Bonchev–Trinajstić information content (AvgIpc) is 2.82. The molecule has 116 valence electrons. The van der Waals surface area contributed by atoms with Crippen molar-refractivity contribution in [3.8, 4) is 5.75 Å². The number of nitro benzene ring substituents is 1. The van der Waals surface area contributed by atoms with Gasteiger partial charge in [0, 0.05) is 23.7 Å². The number of rotatable bonds is 6. The summed E-state index contributed by atoms with van der Waals surface area (Å²) in [6.45, 7) is 8.42. The molecule has 5 nitrogen and oxygen atoms in total. The smallest absolute Gasteiger partial charge is 0.269 e. The highest BCUT2D eigenvalue weighted by Crippen LogP contribution is 2.36. The molecule has 21 heavy (non-hydrogen) atoms. The molecule has 1 aliphatic heterocycles. The molecule has 1 aromatic rings. The Morgan fingerprint density at radius 3 is 2.57 bits per heavy atom. The van der Waals surface area contributed by atoms with E-state index in [1.807, 2.05) is 0 Å². The summed E-state index contributed by atoms with van der Waals surface area (Å²) in [4.78, 5) is 12.8. The van der Waals surface area contributed by atoms with Crippen LogP contribution < -0.4 is 4.74 Å². The molecule has 0 amide bonds. The van der Waals surface area contributed by atoms with Crippen LogP contribution in [0.4, 0.5) is 5.69 Å². The van der Waals surface area contributed by atoms with Crippen molar-refractivity contribution < 1.29 is 9.66 Å². The maximum Gasteiger partial charge on any atom is 0.269 e. The molecular weight excluding hydrogens is 268 g/mol. The monoisotopic (exact) mass is 292 g/mol. The topological polar surface area (TPSA) is 55.6 Å². The minimum Gasteiger partial charge on any atom is -0.492 e. The molecule has 1 heterocycles. The first-order valence-corrected chi connectivity index (χ1v) is 7.64. The molecule has 2 rings (SSSR count). The van der Waals surface area contributed by atoms with Crippen LogP contribution in [0.5, 0.6) is 5.75 Å². The van der Waals surface area contributed by atoms with E-state index in [-0.39, 0.29) is 11.2 Å². The lowest BCUT2D eigenvalue weighted by molar-refractivity contribution is -0.384. The fourth-order valence-corrected chi connectivity index (χ4v) is 3.27. The Hall–Kier alpha value is -1.62. The molecule has 2 atom stereocenters. The van der Waals surface area contributed by atoms with Gasteiger partial charge in [0.15, 0.2) is 0 Å². The maximum atomic E-state index is 10.6. The van der Waals surface area contributed by atoms with Crippen molar-refractivity contribution in [3.05, 3.63) is 34.4 Å². The van der Waals surface area contributed by atoms with Gasteiger partial charge in [-0.1, -0.05) is 13.8 Å². The summed E-state index contributed by atoms with van der Waals surface area (Å²) in [6, 6.07) is 6.73. The lowest BCUT2D eigenvalue weighted by Crippen LogP contribution is -2.46. The summed E-state index contributed by atoms with van der Waals surface area (Å²) in [6.07, 6.45) is 3.49. The van der Waals surface area contributed by atoms with Crippen LogP contribution in [0.25, 0.3) is 0 Å². The van der Waals surface area contributed by atoms with E-state index in [0.29, 0.717) is 18.4 Å². The molecule has 0 aliphatic carbocycles. The van der Waals surface area contributed by atoms with Gasteiger partial charge in [-0.15, -0.1) is 0 Å². The summed E-state index contributed by atoms with van der Waals surface area (Å²) >= 11 is 0. The van der Waals surface area contributed by atoms with Crippen LogP contribution in [0.15, 0.2) is 24.3 Å². The second-order valence-corrected chi connectivity index (χ2v) is 5.89. The van der Waals surface area contributed by atoms with Crippen molar-refractivity contribution in [1.29, 1.82) is 0 Å². The molecule has 1 unspecified atom stereocenters. The summed E-state index contributed by atoms with van der Waals surface area (Å²) in [5.41, 5.74) is 0.370. The van der Waals surface area contributed by atoms with Crippen molar-refractivity contribution in [1.82, 2.24) is 4.90 Å².